The number of aromatic amines is 1. The van der Waals surface area contributed by atoms with Crippen molar-refractivity contribution in [3.63, 3.8) is 0 Å². The van der Waals surface area contributed by atoms with Crippen LogP contribution in [-0.4, -0.2) is 70.3 Å². The molecule has 2 N–H and O–H groups in total. The molecule has 13 heteroatoms. The first-order valence-corrected chi connectivity index (χ1v) is 9.95. The number of aromatic nitrogens is 4. The van der Waals surface area contributed by atoms with Crippen molar-refractivity contribution in [2.24, 2.45) is 0 Å². The normalized spacial score (nSPS) is 11.7. The monoisotopic (exact) mass is 476 g/mol. The quantitative estimate of drug-likeness (QED) is 0.457. The summed E-state index contributed by atoms with van der Waals surface area (Å²) < 4.78 is 40.2. The highest BCUT2D eigenvalue weighted by atomic mass is 19.3. The van der Waals surface area contributed by atoms with E-state index < -0.39 is 18.6 Å². The zero-order chi connectivity index (χ0) is 24.7. The van der Waals surface area contributed by atoms with E-state index in [1.807, 2.05) is 0 Å². The molecule has 0 bridgehead atoms. The van der Waals surface area contributed by atoms with Gasteiger partial charge in [0, 0.05) is 31.8 Å². The number of halogens is 2. The molecule has 0 fully saturated rings. The fraction of sp³-hybridized carbons (Fsp3) is 0.286. The SMILES string of the molecule is C[C@@H](COC(F)F)Oc1cc(Oc2cnc(C(=O)N(C)C)cn2)cc(C(=O)Nc2ccn[nH]2)c1. The van der Waals surface area contributed by atoms with Gasteiger partial charge in [-0.25, -0.2) is 9.97 Å². The Balaban J connectivity index is 1.82. The minimum atomic E-state index is -2.93. The molecule has 3 rings (SSSR count). The van der Waals surface area contributed by atoms with Gasteiger partial charge in [0.2, 0.25) is 5.88 Å². The molecule has 34 heavy (non-hydrogen) atoms. The fourth-order valence-electron chi connectivity index (χ4n) is 2.65. The first kappa shape index (κ1) is 24.5. The van der Waals surface area contributed by atoms with E-state index in [9.17, 15) is 18.4 Å². The second-order valence-electron chi connectivity index (χ2n) is 7.18. The van der Waals surface area contributed by atoms with Crippen LogP contribution >= 0.6 is 0 Å². The summed E-state index contributed by atoms with van der Waals surface area (Å²) in [4.78, 5) is 34.1. The van der Waals surface area contributed by atoms with Crippen LogP contribution in [0.25, 0.3) is 0 Å². The Morgan fingerprint density at radius 3 is 2.53 bits per heavy atom. The van der Waals surface area contributed by atoms with Crippen LogP contribution in [0.5, 0.6) is 17.4 Å². The van der Waals surface area contributed by atoms with Gasteiger partial charge in [-0.15, -0.1) is 0 Å². The lowest BCUT2D eigenvalue weighted by atomic mass is 10.2. The topological polar surface area (TPSA) is 132 Å². The van der Waals surface area contributed by atoms with Gasteiger partial charge < -0.3 is 24.4 Å². The Bertz CT molecular complexity index is 1110. The number of H-pyrrole nitrogens is 1. The van der Waals surface area contributed by atoms with Crippen LogP contribution in [0.1, 0.15) is 27.8 Å². The molecule has 0 unspecified atom stereocenters. The van der Waals surface area contributed by atoms with Gasteiger partial charge in [0.05, 0.1) is 25.2 Å². The lowest BCUT2D eigenvalue weighted by molar-refractivity contribution is -0.142. The van der Waals surface area contributed by atoms with Gasteiger partial charge in [0.1, 0.15) is 29.1 Å². The van der Waals surface area contributed by atoms with Crippen molar-refractivity contribution in [1.82, 2.24) is 25.1 Å². The molecule has 1 aromatic carbocycles. The van der Waals surface area contributed by atoms with Crippen molar-refractivity contribution in [3.8, 4) is 17.4 Å². The molecule has 11 nitrogen and oxygen atoms in total. The van der Waals surface area contributed by atoms with E-state index in [2.05, 4.69) is 30.2 Å². The number of hydrogen-bond acceptors (Lipinski definition) is 8. The Morgan fingerprint density at radius 1 is 1.15 bits per heavy atom. The molecule has 3 aromatic rings. The number of rotatable bonds is 10. The lowest BCUT2D eigenvalue weighted by Gasteiger charge is -2.16. The molecule has 180 valence electrons. The molecule has 0 radical (unpaired) electrons. The van der Waals surface area contributed by atoms with Crippen LogP contribution in [0.15, 0.2) is 42.9 Å². The Kier molecular flexibility index (Phi) is 8.03. The molecular weight excluding hydrogens is 454 g/mol. The molecule has 0 aliphatic carbocycles. The van der Waals surface area contributed by atoms with Crippen LogP contribution in [0.4, 0.5) is 14.6 Å². The molecule has 0 saturated heterocycles. The number of benzene rings is 1. The lowest BCUT2D eigenvalue weighted by Crippen LogP contribution is -2.22. The number of hydrogen-bond donors (Lipinski definition) is 2. The van der Waals surface area contributed by atoms with Crippen LogP contribution in [-0.2, 0) is 4.74 Å². The van der Waals surface area contributed by atoms with E-state index in [0.717, 1.165) is 0 Å². The second kappa shape index (κ2) is 11.1. The summed E-state index contributed by atoms with van der Waals surface area (Å²) in [5.41, 5.74) is 0.276. The molecular formula is C21H22F2N6O5. The molecule has 2 amide bonds. The summed E-state index contributed by atoms with van der Waals surface area (Å²) in [6.07, 6.45) is 3.24. The first-order chi connectivity index (χ1) is 16.2. The summed E-state index contributed by atoms with van der Waals surface area (Å²) >= 11 is 0. The summed E-state index contributed by atoms with van der Waals surface area (Å²) in [5.74, 6) is -0.0764. The molecule has 0 saturated carbocycles. The van der Waals surface area contributed by atoms with Crippen molar-refractivity contribution < 1.29 is 32.6 Å². The highest BCUT2D eigenvalue weighted by Crippen LogP contribution is 2.28. The maximum absolute atomic E-state index is 12.7. The average molecular weight is 476 g/mol. The van der Waals surface area contributed by atoms with Gasteiger partial charge >= 0.3 is 6.61 Å². The molecule has 0 spiro atoms. The molecule has 2 heterocycles. The molecule has 2 aromatic heterocycles. The summed E-state index contributed by atoms with van der Waals surface area (Å²) in [6, 6.07) is 5.86. The van der Waals surface area contributed by atoms with Crippen molar-refractivity contribution in [2.45, 2.75) is 19.6 Å². The average Bonchev–Trinajstić information content (AvgIpc) is 3.30. The minimum Gasteiger partial charge on any atom is -0.488 e. The van der Waals surface area contributed by atoms with Crippen LogP contribution < -0.4 is 14.8 Å². The minimum absolute atomic E-state index is 0.0569. The number of ether oxygens (including phenoxy) is 3. The molecule has 0 aliphatic heterocycles. The third-order valence-corrected chi connectivity index (χ3v) is 4.16. The fourth-order valence-corrected chi connectivity index (χ4v) is 2.65. The zero-order valence-electron chi connectivity index (χ0n) is 18.5. The second-order valence-corrected chi connectivity index (χ2v) is 7.18. The van der Waals surface area contributed by atoms with Gasteiger partial charge in [-0.2, -0.15) is 13.9 Å². The number of carbonyl (C=O) groups is 2. The Morgan fingerprint density at radius 2 is 1.91 bits per heavy atom. The number of alkyl halides is 2. The van der Waals surface area contributed by atoms with Crippen molar-refractivity contribution in [3.05, 3.63) is 54.1 Å². The third-order valence-electron chi connectivity index (χ3n) is 4.16. The van der Waals surface area contributed by atoms with E-state index >= 15 is 0 Å². The summed E-state index contributed by atoms with van der Waals surface area (Å²) in [5, 5.41) is 8.98. The Hall–Kier alpha value is -4.13. The van der Waals surface area contributed by atoms with Gasteiger partial charge in [-0.1, -0.05) is 0 Å². The van der Waals surface area contributed by atoms with Crippen molar-refractivity contribution in [1.29, 1.82) is 0 Å². The highest BCUT2D eigenvalue weighted by Gasteiger charge is 2.16. The van der Waals surface area contributed by atoms with Crippen LogP contribution in [0, 0.1) is 0 Å². The largest absolute Gasteiger partial charge is 0.488 e. The number of amides is 2. The number of nitrogens with one attached hydrogen (secondary N) is 2. The van der Waals surface area contributed by atoms with Gasteiger partial charge in [0.25, 0.3) is 11.8 Å². The van der Waals surface area contributed by atoms with E-state index in [0.29, 0.717) is 5.82 Å². The Labute approximate surface area is 193 Å². The highest BCUT2D eigenvalue weighted by molar-refractivity contribution is 6.04. The van der Waals surface area contributed by atoms with E-state index in [-0.39, 0.29) is 41.2 Å². The predicted octanol–water partition coefficient (Wildman–Crippen LogP) is 2.95. The molecule has 1 atom stereocenters. The van der Waals surface area contributed by atoms with Crippen LogP contribution in [0.3, 0.4) is 0 Å². The van der Waals surface area contributed by atoms with E-state index in [1.54, 1.807) is 20.2 Å². The predicted molar refractivity (Wildman–Crippen MR) is 115 cm³/mol. The first-order valence-electron chi connectivity index (χ1n) is 9.95. The number of nitrogens with zero attached hydrogens (tertiary/aromatic N) is 4. The van der Waals surface area contributed by atoms with Crippen LogP contribution in [0.2, 0.25) is 0 Å². The van der Waals surface area contributed by atoms with E-state index in [1.165, 1.54) is 48.6 Å². The smallest absolute Gasteiger partial charge is 0.345 e. The summed E-state index contributed by atoms with van der Waals surface area (Å²) in [7, 11) is 3.17. The standard InChI is InChI=1S/C21H22F2N6O5/c1-12(11-32-21(22)23)33-14-6-13(19(30)27-17-4-5-26-28-17)7-15(8-14)34-18-10-24-16(9-25-18)20(31)29(2)3/h4-10,12,21H,11H2,1-3H3,(H2,26,27,28,30)/t12-/m0/s1. The van der Waals surface area contributed by atoms with Crippen molar-refractivity contribution >= 4 is 17.6 Å². The zero-order valence-corrected chi connectivity index (χ0v) is 18.5. The molecule has 0 aliphatic rings. The maximum atomic E-state index is 12.7. The number of anilines is 1. The van der Waals surface area contributed by atoms with E-state index in [4.69, 9.17) is 9.47 Å². The van der Waals surface area contributed by atoms with Gasteiger partial charge in [-0.05, 0) is 19.1 Å². The van der Waals surface area contributed by atoms with Crippen molar-refractivity contribution in [2.75, 3.05) is 26.0 Å². The number of carbonyl (C=O) groups excluding carboxylic acids is 2. The summed E-state index contributed by atoms with van der Waals surface area (Å²) in [6.45, 7) is -1.77. The maximum Gasteiger partial charge on any atom is 0.345 e. The third kappa shape index (κ3) is 6.93. The van der Waals surface area contributed by atoms with Gasteiger partial charge in [0.15, 0.2) is 0 Å². The van der Waals surface area contributed by atoms with Gasteiger partial charge in [-0.3, -0.25) is 14.7 Å².